The van der Waals surface area contributed by atoms with Gasteiger partial charge in [0, 0.05) is 37.0 Å². The van der Waals surface area contributed by atoms with Gasteiger partial charge in [-0.3, -0.25) is 9.78 Å². The molecule has 154 valence electrons. The lowest BCUT2D eigenvalue weighted by atomic mass is 10.1. The first-order valence-electron chi connectivity index (χ1n) is 9.80. The van der Waals surface area contributed by atoms with Crippen molar-refractivity contribution in [2.45, 2.75) is 18.9 Å². The lowest BCUT2D eigenvalue weighted by Gasteiger charge is -2.33. The maximum absolute atomic E-state index is 14.4. The van der Waals surface area contributed by atoms with Crippen molar-refractivity contribution in [1.82, 2.24) is 9.97 Å². The van der Waals surface area contributed by atoms with Crippen LogP contribution < -0.4 is 21.7 Å². The van der Waals surface area contributed by atoms with Crippen LogP contribution in [0.1, 0.15) is 23.3 Å². The fourth-order valence-corrected chi connectivity index (χ4v) is 3.65. The Kier molecular flexibility index (Phi) is 5.58. The second-order valence-electron chi connectivity index (χ2n) is 7.32. The fraction of sp³-hybridized carbons (Fsp3) is 0.227. The molecule has 1 amide bonds. The normalized spacial score (nSPS) is 16.3. The van der Waals surface area contributed by atoms with Crippen molar-refractivity contribution < 1.29 is 9.18 Å². The molecular weight excluding hydrogens is 383 g/mol. The van der Waals surface area contributed by atoms with Crippen LogP contribution in [-0.4, -0.2) is 35.0 Å². The van der Waals surface area contributed by atoms with Gasteiger partial charge in [-0.15, -0.1) is 0 Å². The minimum Gasteiger partial charge on any atom is -0.397 e. The van der Waals surface area contributed by atoms with Crippen molar-refractivity contribution in [3.05, 3.63) is 66.4 Å². The van der Waals surface area contributed by atoms with Crippen molar-refractivity contribution >= 4 is 23.0 Å². The van der Waals surface area contributed by atoms with E-state index in [2.05, 4.69) is 20.2 Å². The summed E-state index contributed by atoms with van der Waals surface area (Å²) in [6, 6.07) is 11.9. The molecule has 0 spiro atoms. The molecule has 1 aliphatic rings. The molecule has 0 bridgehead atoms. The number of nitrogen functional groups attached to an aromatic ring is 1. The summed E-state index contributed by atoms with van der Waals surface area (Å²) in [6.45, 7) is 1.54. The van der Waals surface area contributed by atoms with Gasteiger partial charge in [-0.05, 0) is 18.9 Å². The van der Waals surface area contributed by atoms with E-state index in [1.807, 2.05) is 12.1 Å². The Balaban J connectivity index is 1.64. The van der Waals surface area contributed by atoms with E-state index in [-0.39, 0.29) is 23.1 Å². The number of amides is 1. The van der Waals surface area contributed by atoms with E-state index in [1.54, 1.807) is 36.7 Å². The molecule has 1 unspecified atom stereocenters. The first kappa shape index (κ1) is 19.8. The molecule has 0 radical (unpaired) electrons. The van der Waals surface area contributed by atoms with Crippen LogP contribution in [-0.2, 0) is 0 Å². The van der Waals surface area contributed by atoms with Crippen molar-refractivity contribution in [3.63, 3.8) is 0 Å². The highest BCUT2D eigenvalue weighted by molar-refractivity contribution is 6.08. The van der Waals surface area contributed by atoms with E-state index >= 15 is 0 Å². The number of rotatable bonds is 4. The van der Waals surface area contributed by atoms with Crippen LogP contribution in [0.2, 0.25) is 0 Å². The van der Waals surface area contributed by atoms with Gasteiger partial charge in [-0.2, -0.15) is 0 Å². The van der Waals surface area contributed by atoms with Gasteiger partial charge in [-0.25, -0.2) is 9.37 Å². The number of nitrogens with two attached hydrogens (primary N) is 2. The quantitative estimate of drug-likeness (QED) is 0.614. The van der Waals surface area contributed by atoms with E-state index in [0.29, 0.717) is 17.8 Å². The first-order valence-corrected chi connectivity index (χ1v) is 9.80. The molecule has 3 aromatic rings. The van der Waals surface area contributed by atoms with Gasteiger partial charge in [0.25, 0.3) is 5.91 Å². The Morgan fingerprint density at radius 3 is 2.80 bits per heavy atom. The number of nitrogens with zero attached hydrogens (tertiary/aromatic N) is 3. The zero-order valence-electron chi connectivity index (χ0n) is 16.4. The van der Waals surface area contributed by atoms with Crippen LogP contribution in [0, 0.1) is 5.82 Å². The summed E-state index contributed by atoms with van der Waals surface area (Å²) in [6.07, 6.45) is 5.19. The van der Waals surface area contributed by atoms with Gasteiger partial charge >= 0.3 is 0 Å². The van der Waals surface area contributed by atoms with Crippen LogP contribution in [0.3, 0.4) is 0 Å². The summed E-state index contributed by atoms with van der Waals surface area (Å²) in [4.78, 5) is 23.5. The molecule has 8 heteroatoms. The fourth-order valence-electron chi connectivity index (χ4n) is 3.65. The Labute approximate surface area is 173 Å². The molecule has 0 saturated carbocycles. The lowest BCUT2D eigenvalue weighted by Crippen LogP contribution is -2.43. The largest absolute Gasteiger partial charge is 0.397 e. The first-order chi connectivity index (χ1) is 14.5. The number of hydrogen-bond acceptors (Lipinski definition) is 6. The van der Waals surface area contributed by atoms with Gasteiger partial charge in [-0.1, -0.05) is 30.3 Å². The number of benzene rings is 1. The number of carbonyl (C=O) groups is 1. The number of aromatic nitrogens is 2. The molecule has 2 aromatic heterocycles. The highest BCUT2D eigenvalue weighted by atomic mass is 19.1. The number of anilines is 3. The Bertz CT molecular complexity index is 1060. The molecule has 0 aliphatic carbocycles. The van der Waals surface area contributed by atoms with E-state index < -0.39 is 11.7 Å². The number of carbonyl (C=O) groups excluding carboxylic acids is 1. The van der Waals surface area contributed by atoms with Gasteiger partial charge in [0.15, 0.2) is 11.5 Å². The average molecular weight is 406 g/mol. The summed E-state index contributed by atoms with van der Waals surface area (Å²) in [5.74, 6) is -1.11. The van der Waals surface area contributed by atoms with Crippen molar-refractivity contribution in [1.29, 1.82) is 0 Å². The topological polar surface area (TPSA) is 110 Å². The zero-order valence-corrected chi connectivity index (χ0v) is 16.4. The Morgan fingerprint density at radius 2 is 2.03 bits per heavy atom. The Hall–Kier alpha value is -3.52. The summed E-state index contributed by atoms with van der Waals surface area (Å²) in [7, 11) is 0. The van der Waals surface area contributed by atoms with Gasteiger partial charge in [0.1, 0.15) is 5.69 Å². The van der Waals surface area contributed by atoms with Gasteiger partial charge in [0.05, 0.1) is 23.3 Å². The third-order valence-electron chi connectivity index (χ3n) is 5.11. The number of halogens is 1. The summed E-state index contributed by atoms with van der Waals surface area (Å²) >= 11 is 0. The third-order valence-corrected chi connectivity index (χ3v) is 5.11. The molecule has 30 heavy (non-hydrogen) atoms. The maximum Gasteiger partial charge on any atom is 0.276 e. The molecular formula is C22H23FN6O. The molecule has 7 nitrogen and oxygen atoms in total. The van der Waals surface area contributed by atoms with Crippen LogP contribution in [0.5, 0.6) is 0 Å². The minimum absolute atomic E-state index is 0.0323. The van der Waals surface area contributed by atoms with E-state index in [4.69, 9.17) is 11.5 Å². The predicted molar refractivity (Wildman–Crippen MR) is 116 cm³/mol. The highest BCUT2D eigenvalue weighted by Gasteiger charge is 2.22. The number of nitrogens with one attached hydrogen (secondary N) is 1. The SMILES string of the molecule is Nc1cc(F)c(-c2ccccc2)nc1C(=O)Nc1cnccc1N1CCCC(N)C1. The van der Waals surface area contributed by atoms with E-state index in [1.165, 1.54) is 0 Å². The second-order valence-corrected chi connectivity index (χ2v) is 7.32. The Morgan fingerprint density at radius 1 is 1.23 bits per heavy atom. The smallest absolute Gasteiger partial charge is 0.276 e. The van der Waals surface area contributed by atoms with Crippen LogP contribution in [0.25, 0.3) is 11.3 Å². The number of pyridine rings is 2. The van der Waals surface area contributed by atoms with E-state index in [9.17, 15) is 9.18 Å². The van der Waals surface area contributed by atoms with Crippen LogP contribution in [0.4, 0.5) is 21.5 Å². The minimum atomic E-state index is -0.584. The second kappa shape index (κ2) is 8.46. The van der Waals surface area contributed by atoms with E-state index in [0.717, 1.165) is 31.1 Å². The number of hydrogen-bond donors (Lipinski definition) is 3. The summed E-state index contributed by atoms with van der Waals surface area (Å²) in [5.41, 5.74) is 13.9. The van der Waals surface area contributed by atoms with Crippen molar-refractivity contribution in [3.8, 4) is 11.3 Å². The average Bonchev–Trinajstić information content (AvgIpc) is 2.75. The molecule has 1 saturated heterocycles. The molecule has 1 atom stereocenters. The lowest BCUT2D eigenvalue weighted by molar-refractivity contribution is 0.102. The molecule has 3 heterocycles. The molecule has 1 aromatic carbocycles. The zero-order chi connectivity index (χ0) is 21.1. The van der Waals surface area contributed by atoms with Crippen LogP contribution >= 0.6 is 0 Å². The highest BCUT2D eigenvalue weighted by Crippen LogP contribution is 2.29. The van der Waals surface area contributed by atoms with Gasteiger partial charge < -0.3 is 21.7 Å². The molecule has 4 rings (SSSR count). The van der Waals surface area contributed by atoms with Crippen LogP contribution in [0.15, 0.2) is 54.9 Å². The standard InChI is InChI=1S/C22H23FN6O/c23-16-11-17(25)21(28-20(16)14-5-2-1-3-6-14)22(30)27-18-12-26-9-8-19(18)29-10-4-7-15(24)13-29/h1-3,5-6,8-9,11-12,15H,4,7,10,13,24-25H2,(H,27,30). The summed E-state index contributed by atoms with van der Waals surface area (Å²) in [5, 5.41) is 2.83. The maximum atomic E-state index is 14.4. The summed E-state index contributed by atoms with van der Waals surface area (Å²) < 4.78 is 14.4. The molecule has 1 aliphatic heterocycles. The molecule has 5 N–H and O–H groups in total. The third kappa shape index (κ3) is 4.08. The predicted octanol–water partition coefficient (Wildman–Crippen LogP) is 3.04. The number of piperidine rings is 1. The molecule has 1 fully saturated rings. The van der Waals surface area contributed by atoms with Gasteiger partial charge in [0.2, 0.25) is 0 Å². The van der Waals surface area contributed by atoms with Crippen molar-refractivity contribution in [2.75, 3.05) is 29.0 Å². The monoisotopic (exact) mass is 406 g/mol. The van der Waals surface area contributed by atoms with Crippen molar-refractivity contribution in [2.24, 2.45) is 5.73 Å².